The number of sulfonamides is 1. The molecule has 220 valence electrons. The van der Waals surface area contributed by atoms with Gasteiger partial charge in [-0.05, 0) is 47.6 Å². The first-order valence-corrected chi connectivity index (χ1v) is 16.1. The molecule has 0 radical (unpaired) electrons. The Balaban J connectivity index is 2.11. The van der Waals surface area contributed by atoms with Crippen LogP contribution in [-0.4, -0.2) is 75.2 Å². The lowest BCUT2D eigenvalue weighted by Gasteiger charge is -2.41. The molecule has 40 heavy (non-hydrogen) atoms. The first kappa shape index (κ1) is 31.6. The van der Waals surface area contributed by atoms with Crippen LogP contribution in [0, 0.1) is 5.92 Å². The molecule has 3 atom stereocenters. The number of hydrogen-bond donors (Lipinski definition) is 1. The molecule has 0 saturated carbocycles. The number of carbonyl (C=O) groups excluding carboxylic acids is 2. The van der Waals surface area contributed by atoms with E-state index in [0.29, 0.717) is 15.4 Å². The monoisotopic (exact) mass is 603 g/mol. The molecule has 1 aliphatic rings. The standard InChI is InChI=1S/C26H32F3N3O6S2/c1-16(2)15-22(24(30)33)32(21-13-14-31(25(21)34)40(4,37)38)23(26(27,28)29)19-7-5-17(6-8-19)18-9-11-20(12-10-18)39(3,35)36/h5-12,16,21-23H,13-15H2,1-4H3,(H2,30,33)/t21-,22-,23-/m0/s1. The number of halogens is 3. The smallest absolute Gasteiger partial charge is 0.368 e. The van der Waals surface area contributed by atoms with Crippen molar-refractivity contribution in [3.05, 3.63) is 54.1 Å². The first-order valence-electron chi connectivity index (χ1n) is 12.4. The van der Waals surface area contributed by atoms with E-state index >= 15 is 0 Å². The van der Waals surface area contributed by atoms with Crippen LogP contribution in [0.3, 0.4) is 0 Å². The molecule has 2 N–H and O–H groups in total. The molecule has 9 nitrogen and oxygen atoms in total. The minimum Gasteiger partial charge on any atom is -0.368 e. The van der Waals surface area contributed by atoms with Gasteiger partial charge in [-0.3, -0.25) is 14.5 Å². The maximum atomic E-state index is 14.8. The van der Waals surface area contributed by atoms with E-state index in [1.807, 2.05) is 0 Å². The maximum absolute atomic E-state index is 14.8. The van der Waals surface area contributed by atoms with Crippen LogP contribution in [0.2, 0.25) is 0 Å². The second kappa shape index (κ2) is 11.5. The molecule has 1 aliphatic heterocycles. The maximum Gasteiger partial charge on any atom is 0.408 e. The predicted octanol–water partition coefficient (Wildman–Crippen LogP) is 3.12. The van der Waals surface area contributed by atoms with Gasteiger partial charge in [-0.1, -0.05) is 50.2 Å². The minimum atomic E-state index is -4.97. The number of nitrogens with zero attached hydrogens (tertiary/aromatic N) is 2. The van der Waals surface area contributed by atoms with E-state index in [2.05, 4.69) is 0 Å². The number of primary amides is 1. The zero-order valence-electron chi connectivity index (χ0n) is 22.4. The number of carbonyl (C=O) groups is 2. The molecular weight excluding hydrogens is 571 g/mol. The zero-order valence-corrected chi connectivity index (χ0v) is 24.1. The molecule has 0 aliphatic carbocycles. The van der Waals surface area contributed by atoms with E-state index in [4.69, 9.17) is 5.73 Å². The largest absolute Gasteiger partial charge is 0.408 e. The first-order chi connectivity index (χ1) is 18.3. The van der Waals surface area contributed by atoms with Crippen molar-refractivity contribution in [1.29, 1.82) is 0 Å². The van der Waals surface area contributed by atoms with Gasteiger partial charge in [0.25, 0.3) is 5.91 Å². The Labute approximate surface area is 232 Å². The molecule has 14 heteroatoms. The molecule has 0 spiro atoms. The molecule has 0 aromatic heterocycles. The Hall–Kier alpha value is -2.97. The normalized spacial score (nSPS) is 18.4. The van der Waals surface area contributed by atoms with Crippen LogP contribution in [0.5, 0.6) is 0 Å². The van der Waals surface area contributed by atoms with Crippen LogP contribution < -0.4 is 5.73 Å². The van der Waals surface area contributed by atoms with Gasteiger partial charge in [-0.25, -0.2) is 21.1 Å². The molecule has 1 heterocycles. The lowest BCUT2D eigenvalue weighted by Crippen LogP contribution is -2.57. The molecule has 0 unspecified atom stereocenters. The van der Waals surface area contributed by atoms with Crippen molar-refractivity contribution in [1.82, 2.24) is 9.21 Å². The van der Waals surface area contributed by atoms with Crippen molar-refractivity contribution < 1.29 is 39.6 Å². The van der Waals surface area contributed by atoms with Gasteiger partial charge >= 0.3 is 6.18 Å². The molecular formula is C26H32F3N3O6S2. The van der Waals surface area contributed by atoms with E-state index < -0.39 is 56.0 Å². The molecule has 1 saturated heterocycles. The van der Waals surface area contributed by atoms with E-state index in [0.717, 1.165) is 17.4 Å². The summed E-state index contributed by atoms with van der Waals surface area (Å²) in [6.07, 6.45) is -3.45. The lowest BCUT2D eigenvalue weighted by molar-refractivity contribution is -0.200. The third-order valence-electron chi connectivity index (χ3n) is 6.73. The summed E-state index contributed by atoms with van der Waals surface area (Å²) in [5, 5.41) is 0. The SMILES string of the molecule is CC(C)C[C@@H](C(N)=O)N([C@@H](c1ccc(-c2ccc(S(C)(=O)=O)cc2)cc1)C(F)(F)F)[C@H]1CCN(S(C)(=O)=O)C1=O. The van der Waals surface area contributed by atoms with Crippen molar-refractivity contribution in [3.8, 4) is 11.1 Å². The highest BCUT2D eigenvalue weighted by atomic mass is 32.2. The summed E-state index contributed by atoms with van der Waals surface area (Å²) in [5.41, 5.74) is 6.38. The quantitative estimate of drug-likeness (QED) is 0.441. The number of sulfone groups is 1. The van der Waals surface area contributed by atoms with Crippen molar-refractivity contribution in [2.75, 3.05) is 19.1 Å². The van der Waals surface area contributed by atoms with E-state index in [1.54, 1.807) is 13.8 Å². The third kappa shape index (κ3) is 7.02. The number of rotatable bonds is 10. The molecule has 3 rings (SSSR count). The van der Waals surface area contributed by atoms with Crippen LogP contribution >= 0.6 is 0 Å². The van der Waals surface area contributed by atoms with Crippen LogP contribution in [-0.2, 0) is 29.4 Å². The molecule has 0 bridgehead atoms. The number of hydrogen-bond acceptors (Lipinski definition) is 7. The zero-order chi connectivity index (χ0) is 30.2. The summed E-state index contributed by atoms with van der Waals surface area (Å²) in [5.74, 6) is -2.38. The molecule has 2 amide bonds. The second-order valence-corrected chi connectivity index (χ2v) is 14.3. The minimum absolute atomic E-state index is 0.0880. The van der Waals surface area contributed by atoms with Gasteiger partial charge in [-0.15, -0.1) is 0 Å². The Morgan fingerprint density at radius 3 is 1.88 bits per heavy atom. The Morgan fingerprint density at radius 2 is 1.50 bits per heavy atom. The Morgan fingerprint density at radius 1 is 1.00 bits per heavy atom. The average Bonchev–Trinajstić information content (AvgIpc) is 3.21. The number of nitrogens with two attached hydrogens (primary N) is 1. The molecule has 2 aromatic rings. The van der Waals surface area contributed by atoms with E-state index in [9.17, 15) is 39.6 Å². The lowest BCUT2D eigenvalue weighted by atomic mass is 9.93. The van der Waals surface area contributed by atoms with Gasteiger partial charge in [-0.2, -0.15) is 13.2 Å². The van der Waals surface area contributed by atoms with Crippen LogP contribution in [0.25, 0.3) is 11.1 Å². The average molecular weight is 604 g/mol. The van der Waals surface area contributed by atoms with Gasteiger partial charge in [0, 0.05) is 12.8 Å². The van der Waals surface area contributed by atoms with E-state index in [-0.39, 0.29) is 35.8 Å². The van der Waals surface area contributed by atoms with Crippen LogP contribution in [0.1, 0.15) is 38.3 Å². The topological polar surface area (TPSA) is 135 Å². The summed E-state index contributed by atoms with van der Waals surface area (Å²) in [4.78, 5) is 26.5. The number of amides is 2. The summed E-state index contributed by atoms with van der Waals surface area (Å²) in [7, 11) is -7.47. The summed E-state index contributed by atoms with van der Waals surface area (Å²) >= 11 is 0. The van der Waals surface area contributed by atoms with Gasteiger partial charge in [0.15, 0.2) is 9.84 Å². The Kier molecular flexibility index (Phi) is 9.06. The van der Waals surface area contributed by atoms with Crippen molar-refractivity contribution in [2.45, 2.75) is 55.9 Å². The van der Waals surface area contributed by atoms with Crippen LogP contribution in [0.15, 0.2) is 53.4 Å². The van der Waals surface area contributed by atoms with E-state index in [1.165, 1.54) is 48.5 Å². The number of alkyl halides is 3. The number of benzene rings is 2. The van der Waals surface area contributed by atoms with Crippen molar-refractivity contribution >= 4 is 31.7 Å². The van der Waals surface area contributed by atoms with Gasteiger partial charge < -0.3 is 5.73 Å². The fourth-order valence-corrected chi connectivity index (χ4v) is 6.45. The molecule has 2 aromatic carbocycles. The highest BCUT2D eigenvalue weighted by Crippen LogP contribution is 2.43. The van der Waals surface area contributed by atoms with Gasteiger partial charge in [0.05, 0.1) is 23.2 Å². The van der Waals surface area contributed by atoms with Gasteiger partial charge in [0.2, 0.25) is 15.9 Å². The molecule has 1 fully saturated rings. The second-order valence-electron chi connectivity index (χ2n) is 10.3. The van der Waals surface area contributed by atoms with Crippen molar-refractivity contribution in [2.24, 2.45) is 11.7 Å². The van der Waals surface area contributed by atoms with Crippen LogP contribution in [0.4, 0.5) is 13.2 Å². The fourth-order valence-electron chi connectivity index (χ4n) is 4.94. The summed E-state index contributed by atoms with van der Waals surface area (Å²) < 4.78 is 92.7. The highest BCUT2D eigenvalue weighted by molar-refractivity contribution is 7.90. The summed E-state index contributed by atoms with van der Waals surface area (Å²) in [6.45, 7) is 3.07. The highest BCUT2D eigenvalue weighted by Gasteiger charge is 2.54. The predicted molar refractivity (Wildman–Crippen MR) is 143 cm³/mol. The Bertz CT molecular complexity index is 1460. The third-order valence-corrected chi connectivity index (χ3v) is 9.02. The van der Waals surface area contributed by atoms with Crippen molar-refractivity contribution in [3.63, 3.8) is 0 Å². The van der Waals surface area contributed by atoms with Gasteiger partial charge in [0.1, 0.15) is 6.04 Å². The fraction of sp³-hybridized carbons (Fsp3) is 0.462. The summed E-state index contributed by atoms with van der Waals surface area (Å²) in [6, 6.07) is 5.60.